The van der Waals surface area contributed by atoms with Crippen LogP contribution in [0.3, 0.4) is 0 Å². The lowest BCUT2D eigenvalue weighted by molar-refractivity contribution is 0.344. The zero-order chi connectivity index (χ0) is 15.1. The van der Waals surface area contributed by atoms with E-state index in [1.165, 1.54) is 5.56 Å². The molecule has 1 aromatic heterocycles. The number of thioether (sulfide) groups is 1. The zero-order valence-corrected chi connectivity index (χ0v) is 13.9. The normalized spacial score (nSPS) is 10.6. The molecule has 0 amide bonds. The molecule has 0 aliphatic carbocycles. The summed E-state index contributed by atoms with van der Waals surface area (Å²) in [7, 11) is 3.93. The molecule has 0 atom stereocenters. The van der Waals surface area contributed by atoms with Crippen LogP contribution in [-0.4, -0.2) is 43.2 Å². The van der Waals surface area contributed by atoms with Crippen LogP contribution in [0.2, 0.25) is 0 Å². The number of aromatic nitrogens is 2. The molecule has 2 aromatic rings. The first-order valence-corrected chi connectivity index (χ1v) is 8.54. The number of anilines is 1. The quantitative estimate of drug-likeness (QED) is 0.594. The SMILES string of the molecule is CN(C)c1nnc(SCCOc2ccc(CCN)cc2)s1. The van der Waals surface area contributed by atoms with Gasteiger partial charge in [0.05, 0.1) is 6.61 Å². The van der Waals surface area contributed by atoms with Gasteiger partial charge in [-0.25, -0.2) is 0 Å². The third-order valence-corrected chi connectivity index (χ3v) is 4.90. The van der Waals surface area contributed by atoms with Crippen molar-refractivity contribution in [3.8, 4) is 5.75 Å². The number of benzene rings is 1. The van der Waals surface area contributed by atoms with Crippen molar-refractivity contribution in [3.05, 3.63) is 29.8 Å². The van der Waals surface area contributed by atoms with Crippen LogP contribution in [-0.2, 0) is 6.42 Å². The second-order valence-electron chi connectivity index (χ2n) is 4.62. The van der Waals surface area contributed by atoms with Crippen LogP contribution in [0, 0.1) is 0 Å². The summed E-state index contributed by atoms with van der Waals surface area (Å²) < 4.78 is 6.68. The molecular formula is C14H20N4OS2. The maximum Gasteiger partial charge on any atom is 0.208 e. The van der Waals surface area contributed by atoms with Crippen LogP contribution >= 0.6 is 23.1 Å². The van der Waals surface area contributed by atoms with E-state index in [1.807, 2.05) is 31.1 Å². The highest BCUT2D eigenvalue weighted by Crippen LogP contribution is 2.26. The van der Waals surface area contributed by atoms with Gasteiger partial charge in [-0.1, -0.05) is 35.2 Å². The van der Waals surface area contributed by atoms with Gasteiger partial charge < -0.3 is 15.4 Å². The zero-order valence-electron chi connectivity index (χ0n) is 12.3. The van der Waals surface area contributed by atoms with Gasteiger partial charge in [-0.05, 0) is 30.7 Å². The Morgan fingerprint density at radius 1 is 1.24 bits per heavy atom. The summed E-state index contributed by atoms with van der Waals surface area (Å²) in [5.74, 6) is 1.75. The number of ether oxygens (including phenoxy) is 1. The Morgan fingerprint density at radius 2 is 2.00 bits per heavy atom. The van der Waals surface area contributed by atoms with E-state index in [2.05, 4.69) is 22.3 Å². The van der Waals surface area contributed by atoms with Gasteiger partial charge in [-0.15, -0.1) is 10.2 Å². The standard InChI is InChI=1S/C14H20N4OS2/c1-18(2)13-16-17-14(21-13)20-10-9-19-12-5-3-11(4-6-12)7-8-15/h3-6H,7-10,15H2,1-2H3. The summed E-state index contributed by atoms with van der Waals surface area (Å²) in [5, 5.41) is 9.16. The summed E-state index contributed by atoms with van der Waals surface area (Å²) in [6.07, 6.45) is 0.904. The first-order chi connectivity index (χ1) is 10.2. The van der Waals surface area contributed by atoms with Gasteiger partial charge in [0.25, 0.3) is 0 Å². The minimum atomic E-state index is 0.651. The van der Waals surface area contributed by atoms with Crippen LogP contribution in [0.5, 0.6) is 5.75 Å². The smallest absolute Gasteiger partial charge is 0.208 e. The summed E-state index contributed by atoms with van der Waals surface area (Å²) >= 11 is 3.26. The molecule has 0 radical (unpaired) electrons. The van der Waals surface area contributed by atoms with Gasteiger partial charge in [-0.2, -0.15) is 0 Å². The topological polar surface area (TPSA) is 64.3 Å². The molecule has 21 heavy (non-hydrogen) atoms. The molecule has 114 valence electrons. The van der Waals surface area contributed by atoms with Gasteiger partial charge in [0.15, 0.2) is 4.34 Å². The Balaban J connectivity index is 1.71. The van der Waals surface area contributed by atoms with Crippen LogP contribution in [0.1, 0.15) is 5.56 Å². The van der Waals surface area contributed by atoms with E-state index in [4.69, 9.17) is 10.5 Å². The molecular weight excluding hydrogens is 304 g/mol. The summed E-state index contributed by atoms with van der Waals surface area (Å²) in [6.45, 7) is 1.32. The van der Waals surface area contributed by atoms with Crippen LogP contribution in [0.25, 0.3) is 0 Å². The van der Waals surface area contributed by atoms with Crippen molar-refractivity contribution < 1.29 is 4.74 Å². The Kier molecular flexibility index (Phi) is 6.28. The Morgan fingerprint density at radius 3 is 2.62 bits per heavy atom. The molecule has 0 bridgehead atoms. The fourth-order valence-electron chi connectivity index (χ4n) is 1.65. The molecule has 2 N–H and O–H groups in total. The highest BCUT2D eigenvalue weighted by molar-refractivity contribution is 8.01. The van der Waals surface area contributed by atoms with E-state index in [0.717, 1.165) is 27.4 Å². The Bertz CT molecular complexity index is 542. The largest absolute Gasteiger partial charge is 0.493 e. The van der Waals surface area contributed by atoms with Crippen LogP contribution in [0.4, 0.5) is 5.13 Å². The maximum atomic E-state index is 5.71. The molecule has 0 spiro atoms. The average Bonchev–Trinajstić information content (AvgIpc) is 2.95. The molecule has 2 rings (SSSR count). The predicted octanol–water partition coefficient (Wildman–Crippen LogP) is 2.28. The summed E-state index contributed by atoms with van der Waals surface area (Å²) in [4.78, 5) is 1.96. The molecule has 1 aromatic carbocycles. The van der Waals surface area contributed by atoms with Crippen molar-refractivity contribution in [1.29, 1.82) is 0 Å². The third-order valence-electron chi connectivity index (χ3n) is 2.71. The van der Waals surface area contributed by atoms with Crippen molar-refractivity contribution in [1.82, 2.24) is 10.2 Å². The number of rotatable bonds is 8. The fourth-order valence-corrected chi connectivity index (χ4v) is 3.30. The van der Waals surface area contributed by atoms with Gasteiger partial charge in [0.2, 0.25) is 5.13 Å². The van der Waals surface area contributed by atoms with Crippen molar-refractivity contribution in [2.24, 2.45) is 5.73 Å². The number of hydrogen-bond acceptors (Lipinski definition) is 7. The molecule has 1 heterocycles. The van der Waals surface area contributed by atoms with Gasteiger partial charge >= 0.3 is 0 Å². The molecule has 7 heteroatoms. The lowest BCUT2D eigenvalue weighted by Crippen LogP contribution is -2.07. The van der Waals surface area contributed by atoms with E-state index in [-0.39, 0.29) is 0 Å². The molecule has 0 saturated carbocycles. The second-order valence-corrected chi connectivity index (χ2v) is 6.92. The lowest BCUT2D eigenvalue weighted by Gasteiger charge is -2.06. The average molecular weight is 324 g/mol. The molecule has 0 aliphatic rings. The fraction of sp³-hybridized carbons (Fsp3) is 0.429. The van der Waals surface area contributed by atoms with Crippen molar-refractivity contribution in [2.75, 3.05) is 37.9 Å². The van der Waals surface area contributed by atoms with E-state index >= 15 is 0 Å². The van der Waals surface area contributed by atoms with E-state index in [0.29, 0.717) is 13.2 Å². The van der Waals surface area contributed by atoms with Crippen molar-refractivity contribution in [3.63, 3.8) is 0 Å². The molecule has 0 saturated heterocycles. The highest BCUT2D eigenvalue weighted by atomic mass is 32.2. The minimum Gasteiger partial charge on any atom is -0.493 e. The Labute approximate surface area is 133 Å². The van der Waals surface area contributed by atoms with Crippen LogP contribution in [0.15, 0.2) is 28.6 Å². The van der Waals surface area contributed by atoms with Crippen molar-refractivity contribution in [2.45, 2.75) is 10.8 Å². The van der Waals surface area contributed by atoms with Crippen molar-refractivity contribution >= 4 is 28.2 Å². The minimum absolute atomic E-state index is 0.651. The Hall–Kier alpha value is -1.31. The predicted molar refractivity (Wildman–Crippen MR) is 89.7 cm³/mol. The number of nitrogens with two attached hydrogens (primary N) is 1. The number of nitrogens with zero attached hydrogens (tertiary/aromatic N) is 3. The molecule has 5 nitrogen and oxygen atoms in total. The monoisotopic (exact) mass is 324 g/mol. The first-order valence-electron chi connectivity index (χ1n) is 6.74. The summed E-state index contributed by atoms with van der Waals surface area (Å²) in [6, 6.07) is 8.10. The van der Waals surface area contributed by atoms with Gasteiger partial charge in [0.1, 0.15) is 5.75 Å². The molecule has 0 aliphatic heterocycles. The van der Waals surface area contributed by atoms with Crippen LogP contribution < -0.4 is 15.4 Å². The third kappa shape index (κ3) is 5.18. The van der Waals surface area contributed by atoms with E-state index in [9.17, 15) is 0 Å². The van der Waals surface area contributed by atoms with Gasteiger partial charge in [-0.3, -0.25) is 0 Å². The highest BCUT2D eigenvalue weighted by Gasteiger charge is 2.06. The lowest BCUT2D eigenvalue weighted by atomic mass is 10.1. The van der Waals surface area contributed by atoms with E-state index in [1.54, 1.807) is 23.1 Å². The van der Waals surface area contributed by atoms with E-state index < -0.39 is 0 Å². The first kappa shape index (κ1) is 16.1. The number of hydrogen-bond donors (Lipinski definition) is 1. The summed E-state index contributed by atoms with van der Waals surface area (Å²) in [5.41, 5.74) is 6.77. The second kappa shape index (κ2) is 8.21. The molecule has 0 fully saturated rings. The van der Waals surface area contributed by atoms with Gasteiger partial charge in [0, 0.05) is 19.8 Å². The maximum absolute atomic E-state index is 5.71. The molecule has 0 unspecified atom stereocenters.